The molecule has 0 aliphatic rings. The Morgan fingerprint density at radius 1 is 0.774 bits per heavy atom. The minimum atomic E-state index is -1.34. The van der Waals surface area contributed by atoms with Crippen molar-refractivity contribution in [2.45, 2.75) is 74.0 Å². The first-order valence-electron chi connectivity index (χ1n) is 18.2. The van der Waals surface area contributed by atoms with Crippen LogP contribution < -0.4 is 5.19 Å². The monoisotopic (exact) mass is 897 g/mol. The molecule has 0 saturated carbocycles. The van der Waals surface area contributed by atoms with E-state index in [1.165, 1.54) is 34.0 Å². The summed E-state index contributed by atoms with van der Waals surface area (Å²) in [5, 5.41) is 3.54. The van der Waals surface area contributed by atoms with Gasteiger partial charge in [0.25, 0.3) is 0 Å². The zero-order chi connectivity index (χ0) is 37.2. The molecule has 0 bridgehead atoms. The van der Waals surface area contributed by atoms with Crippen molar-refractivity contribution in [3.05, 3.63) is 138 Å². The van der Waals surface area contributed by atoms with Crippen molar-refractivity contribution >= 4 is 35.2 Å². The van der Waals surface area contributed by atoms with Crippen molar-refractivity contribution in [1.29, 1.82) is 0 Å². The zero-order valence-corrected chi connectivity index (χ0v) is 35.7. The van der Waals surface area contributed by atoms with Crippen LogP contribution in [0.3, 0.4) is 0 Å². The van der Waals surface area contributed by atoms with Crippen molar-refractivity contribution in [2.24, 2.45) is 11.3 Å². The van der Waals surface area contributed by atoms with E-state index in [2.05, 4.69) is 103 Å². The van der Waals surface area contributed by atoms with E-state index in [1.54, 1.807) is 6.07 Å². The standard InChI is InChI=1S/C29H25FNO.C18H24NSi.Ir/c1-18-17-31-26(14-21(18)16-29(2,3)4)25-10-6-9-24-23-12-11-20(15-27(23)32-28(24)25)19-7-5-8-22(30)13-19;1-14(2)11-16-12-17(15-9-7-6-8-10-15)19-13-18(16)20(3,4)5;/h5-9,11-15,17H,16H2,1-4H3;6-9,12-14H,11H2,1-5H3;/q2*-1;. The first kappa shape index (κ1) is 40.0. The first-order valence-corrected chi connectivity index (χ1v) is 21.7. The largest absolute Gasteiger partial charge is 0.501 e. The number of aryl methyl sites for hydroxylation is 1. The van der Waals surface area contributed by atoms with Gasteiger partial charge in [-0.15, -0.1) is 54.1 Å². The minimum Gasteiger partial charge on any atom is -0.501 e. The molecule has 4 aromatic carbocycles. The van der Waals surface area contributed by atoms with Crippen LogP contribution in [0.5, 0.6) is 0 Å². The Balaban J connectivity index is 0.000000223. The van der Waals surface area contributed by atoms with Gasteiger partial charge in [0.05, 0.1) is 13.7 Å². The van der Waals surface area contributed by atoms with E-state index in [0.717, 1.165) is 68.4 Å². The molecular weight excluding hydrogens is 848 g/mol. The van der Waals surface area contributed by atoms with Gasteiger partial charge in [0.1, 0.15) is 11.4 Å². The fourth-order valence-corrected chi connectivity index (χ4v) is 8.31. The molecule has 275 valence electrons. The molecule has 0 aliphatic heterocycles. The Bertz CT molecular complexity index is 2330. The maximum atomic E-state index is 13.7. The molecule has 7 rings (SSSR count). The van der Waals surface area contributed by atoms with E-state index < -0.39 is 8.07 Å². The summed E-state index contributed by atoms with van der Waals surface area (Å²) in [6, 6.07) is 35.7. The number of hydrogen-bond acceptors (Lipinski definition) is 3. The first-order chi connectivity index (χ1) is 24.7. The number of pyridine rings is 2. The molecule has 0 amide bonds. The third-order valence-electron chi connectivity index (χ3n) is 9.19. The van der Waals surface area contributed by atoms with Crippen LogP contribution in [0.4, 0.5) is 4.39 Å². The molecule has 6 heteroatoms. The van der Waals surface area contributed by atoms with Crippen molar-refractivity contribution in [3.63, 3.8) is 0 Å². The van der Waals surface area contributed by atoms with Crippen LogP contribution in [-0.4, -0.2) is 18.0 Å². The molecule has 0 fully saturated rings. The Morgan fingerprint density at radius 3 is 2.19 bits per heavy atom. The summed E-state index contributed by atoms with van der Waals surface area (Å²) in [6.45, 7) is 20.6. The smallest absolute Gasteiger partial charge is 0.123 e. The molecule has 1 radical (unpaired) electrons. The van der Waals surface area contributed by atoms with Crippen molar-refractivity contribution < 1.29 is 28.9 Å². The van der Waals surface area contributed by atoms with Gasteiger partial charge in [0.15, 0.2) is 0 Å². The van der Waals surface area contributed by atoms with Crippen LogP contribution in [0.25, 0.3) is 55.6 Å². The number of fused-ring (bicyclic) bond motifs is 3. The normalized spacial score (nSPS) is 11.8. The van der Waals surface area contributed by atoms with Gasteiger partial charge in [-0.25, -0.2) is 4.39 Å². The molecule has 3 nitrogen and oxygen atoms in total. The van der Waals surface area contributed by atoms with E-state index in [4.69, 9.17) is 9.40 Å². The van der Waals surface area contributed by atoms with Crippen LogP contribution in [0.15, 0.2) is 108 Å². The van der Waals surface area contributed by atoms with Gasteiger partial charge < -0.3 is 14.4 Å². The molecular formula is C47H49FIrN2OSi-2. The molecule has 3 heterocycles. The average molecular weight is 897 g/mol. The number of aromatic nitrogens is 2. The van der Waals surface area contributed by atoms with E-state index in [0.29, 0.717) is 5.92 Å². The number of hydrogen-bond donors (Lipinski definition) is 0. The molecule has 0 atom stereocenters. The molecule has 0 aliphatic carbocycles. The number of furan rings is 1. The number of nitrogens with zero attached hydrogens (tertiary/aromatic N) is 2. The fourth-order valence-electron chi connectivity index (χ4n) is 6.72. The van der Waals surface area contributed by atoms with Gasteiger partial charge in [-0.3, -0.25) is 0 Å². The maximum Gasteiger partial charge on any atom is 0.123 e. The van der Waals surface area contributed by atoms with Gasteiger partial charge >= 0.3 is 0 Å². The van der Waals surface area contributed by atoms with E-state index in [-0.39, 0.29) is 31.3 Å². The summed E-state index contributed by atoms with van der Waals surface area (Å²) in [4.78, 5) is 9.39. The maximum absolute atomic E-state index is 13.7. The number of rotatable bonds is 7. The predicted octanol–water partition coefficient (Wildman–Crippen LogP) is 12.4. The number of benzene rings is 4. The van der Waals surface area contributed by atoms with Crippen LogP contribution >= 0.6 is 0 Å². The minimum absolute atomic E-state index is 0. The third-order valence-corrected chi connectivity index (χ3v) is 11.3. The van der Waals surface area contributed by atoms with Gasteiger partial charge in [0.2, 0.25) is 0 Å². The summed E-state index contributed by atoms with van der Waals surface area (Å²) in [5.74, 6) is 0.417. The van der Waals surface area contributed by atoms with Gasteiger partial charge in [-0.2, -0.15) is 0 Å². The molecule has 53 heavy (non-hydrogen) atoms. The second kappa shape index (κ2) is 16.4. The summed E-state index contributed by atoms with van der Waals surface area (Å²) in [7, 11) is -1.34. The SMILES string of the molecule is CC(C)Cc1cc(-c2[c-]cccc2)ncc1[Si](C)(C)C.Cc1cnc(-c2[c-]ccc3c2oc2cc(-c4cccc(F)c4)ccc23)cc1CC(C)(C)C.[Ir]. The van der Waals surface area contributed by atoms with E-state index >= 15 is 0 Å². The van der Waals surface area contributed by atoms with Crippen molar-refractivity contribution in [3.8, 4) is 33.6 Å². The Morgan fingerprint density at radius 2 is 1.51 bits per heavy atom. The Kier molecular flexibility index (Phi) is 12.4. The van der Waals surface area contributed by atoms with Crippen LogP contribution in [-0.2, 0) is 32.9 Å². The van der Waals surface area contributed by atoms with Gasteiger partial charge in [-0.1, -0.05) is 113 Å². The van der Waals surface area contributed by atoms with Gasteiger partial charge in [0, 0.05) is 37.9 Å². The third kappa shape index (κ3) is 9.66. The summed E-state index contributed by atoms with van der Waals surface area (Å²) in [5.41, 5.74) is 11.3. The molecule has 3 aromatic heterocycles. The van der Waals surface area contributed by atoms with Gasteiger partial charge in [-0.05, 0) is 82.6 Å². The molecule has 7 aromatic rings. The van der Waals surface area contributed by atoms with Crippen molar-refractivity contribution in [2.75, 3.05) is 0 Å². The second-order valence-corrected chi connectivity index (χ2v) is 21.5. The van der Waals surface area contributed by atoms with Crippen LogP contribution in [0.2, 0.25) is 19.6 Å². The summed E-state index contributed by atoms with van der Waals surface area (Å²) < 4.78 is 20.0. The quantitative estimate of drug-likeness (QED) is 0.118. The Hall–Kier alpha value is -4.22. The topological polar surface area (TPSA) is 38.9 Å². The van der Waals surface area contributed by atoms with E-state index in [9.17, 15) is 4.39 Å². The summed E-state index contributed by atoms with van der Waals surface area (Å²) in [6.07, 6.45) is 6.15. The number of halogens is 1. The molecule has 0 N–H and O–H groups in total. The van der Waals surface area contributed by atoms with Crippen LogP contribution in [0, 0.1) is 36.2 Å². The fraction of sp³-hybridized carbons (Fsp3) is 0.277. The Labute approximate surface area is 329 Å². The van der Waals surface area contributed by atoms with E-state index in [1.807, 2.05) is 60.8 Å². The van der Waals surface area contributed by atoms with Crippen molar-refractivity contribution in [1.82, 2.24) is 9.97 Å². The summed E-state index contributed by atoms with van der Waals surface area (Å²) >= 11 is 0. The predicted molar refractivity (Wildman–Crippen MR) is 219 cm³/mol. The molecule has 0 saturated heterocycles. The second-order valence-electron chi connectivity index (χ2n) is 16.5. The molecule has 0 spiro atoms. The molecule has 0 unspecified atom stereocenters. The average Bonchev–Trinajstić information content (AvgIpc) is 3.47. The zero-order valence-electron chi connectivity index (χ0n) is 32.3. The van der Waals surface area contributed by atoms with Crippen LogP contribution in [0.1, 0.15) is 51.3 Å².